The minimum atomic E-state index is -0.117. The summed E-state index contributed by atoms with van der Waals surface area (Å²) in [7, 11) is 0. The highest BCUT2D eigenvalue weighted by atomic mass is 16.5. The van der Waals surface area contributed by atoms with Gasteiger partial charge in [-0.15, -0.1) is 0 Å². The maximum atomic E-state index is 11.8. The molecule has 0 bridgehead atoms. The summed E-state index contributed by atoms with van der Waals surface area (Å²) in [5, 5.41) is 1.47. The Balaban J connectivity index is 1.45. The van der Waals surface area contributed by atoms with Gasteiger partial charge in [-0.25, -0.2) is 0 Å². The van der Waals surface area contributed by atoms with Gasteiger partial charge in [-0.1, -0.05) is 0 Å². The highest BCUT2D eigenvalue weighted by Gasteiger charge is 2.27. The van der Waals surface area contributed by atoms with Crippen molar-refractivity contribution in [3.05, 3.63) is 34.7 Å². The third-order valence-electron chi connectivity index (χ3n) is 4.95. The van der Waals surface area contributed by atoms with Crippen LogP contribution >= 0.6 is 0 Å². The van der Waals surface area contributed by atoms with E-state index >= 15 is 0 Å². The number of rotatable bonds is 4. The molecule has 0 amide bonds. The van der Waals surface area contributed by atoms with E-state index in [2.05, 4.69) is 9.88 Å². The zero-order chi connectivity index (χ0) is 15.8. The Morgan fingerprint density at radius 3 is 2.74 bits per heavy atom. The number of nitrogens with two attached hydrogens (primary N) is 1. The number of likely N-dealkylation sites (tertiary alicyclic amines) is 1. The molecule has 1 aliphatic heterocycles. The first kappa shape index (κ1) is 14.6. The fourth-order valence-electron chi connectivity index (χ4n) is 3.39. The van der Waals surface area contributed by atoms with E-state index in [4.69, 9.17) is 10.5 Å². The summed E-state index contributed by atoms with van der Waals surface area (Å²) in [6.07, 6.45) is 6.76. The summed E-state index contributed by atoms with van der Waals surface area (Å²) in [6, 6.07) is 5.48. The number of pyridine rings is 1. The van der Waals surface area contributed by atoms with Crippen LogP contribution < -0.4 is 16.0 Å². The molecule has 0 radical (unpaired) electrons. The first-order chi connectivity index (χ1) is 11.2. The molecule has 122 valence electrons. The molecule has 0 atom stereocenters. The van der Waals surface area contributed by atoms with Crippen molar-refractivity contribution in [3.8, 4) is 5.75 Å². The van der Waals surface area contributed by atoms with Gasteiger partial charge in [0.15, 0.2) is 0 Å². The van der Waals surface area contributed by atoms with E-state index in [0.29, 0.717) is 16.8 Å². The average Bonchev–Trinajstić information content (AvgIpc) is 3.35. The van der Waals surface area contributed by atoms with Crippen molar-refractivity contribution >= 4 is 16.5 Å². The van der Waals surface area contributed by atoms with Crippen molar-refractivity contribution in [2.75, 3.05) is 25.4 Å². The summed E-state index contributed by atoms with van der Waals surface area (Å²) < 4.78 is 6.14. The van der Waals surface area contributed by atoms with E-state index in [-0.39, 0.29) is 11.7 Å². The molecule has 0 spiro atoms. The molecule has 2 aliphatic rings. The van der Waals surface area contributed by atoms with Gasteiger partial charge >= 0.3 is 0 Å². The molecule has 4 rings (SSSR count). The van der Waals surface area contributed by atoms with Crippen LogP contribution in [-0.2, 0) is 0 Å². The first-order valence-electron chi connectivity index (χ1n) is 8.49. The number of hydrogen-bond acceptors (Lipinski definition) is 4. The number of aromatic nitrogens is 1. The van der Waals surface area contributed by atoms with Gasteiger partial charge < -0.3 is 20.4 Å². The second kappa shape index (κ2) is 5.89. The average molecular weight is 313 g/mol. The normalized spacial score (nSPS) is 20.0. The summed E-state index contributed by atoms with van der Waals surface area (Å²) >= 11 is 0. The van der Waals surface area contributed by atoms with E-state index in [1.54, 1.807) is 12.3 Å². The number of aromatic amines is 1. The Labute approximate surface area is 135 Å². The standard InChI is InChI=1S/C18H23N3O2/c19-16-10-15-13(3-6-20-18(15)22)9-17(16)23-14-4-7-21(8-5-14)11-12-1-2-12/h3,6,9-10,12,14H,1-2,4-5,7-8,11,19H2,(H,20,22). The van der Waals surface area contributed by atoms with Gasteiger partial charge in [-0.05, 0) is 55.2 Å². The molecule has 2 heterocycles. The number of piperidine rings is 1. The predicted octanol–water partition coefficient (Wildman–Crippen LogP) is 2.36. The minimum Gasteiger partial charge on any atom is -0.488 e. The van der Waals surface area contributed by atoms with E-state index in [1.807, 2.05) is 12.1 Å². The molecule has 3 N–H and O–H groups in total. The monoisotopic (exact) mass is 313 g/mol. The van der Waals surface area contributed by atoms with Crippen molar-refractivity contribution in [1.82, 2.24) is 9.88 Å². The lowest BCUT2D eigenvalue weighted by Crippen LogP contribution is -2.39. The van der Waals surface area contributed by atoms with Gasteiger partial charge in [-0.3, -0.25) is 4.79 Å². The van der Waals surface area contributed by atoms with Crippen LogP contribution in [0, 0.1) is 5.92 Å². The fourth-order valence-corrected chi connectivity index (χ4v) is 3.39. The second-order valence-corrected chi connectivity index (χ2v) is 6.85. The molecule has 2 aromatic rings. The quantitative estimate of drug-likeness (QED) is 0.850. The molecule has 2 fully saturated rings. The number of benzene rings is 1. The van der Waals surface area contributed by atoms with Gasteiger partial charge in [0.05, 0.1) is 5.69 Å². The third-order valence-corrected chi connectivity index (χ3v) is 4.95. The number of ether oxygens (including phenoxy) is 1. The highest BCUT2D eigenvalue weighted by Crippen LogP contribution is 2.32. The summed E-state index contributed by atoms with van der Waals surface area (Å²) in [4.78, 5) is 17.0. The van der Waals surface area contributed by atoms with E-state index in [0.717, 1.165) is 37.2 Å². The first-order valence-corrected chi connectivity index (χ1v) is 8.49. The second-order valence-electron chi connectivity index (χ2n) is 6.85. The van der Waals surface area contributed by atoms with Gasteiger partial charge in [0, 0.05) is 31.2 Å². The molecular formula is C18H23N3O2. The van der Waals surface area contributed by atoms with Crippen molar-refractivity contribution in [2.24, 2.45) is 5.92 Å². The van der Waals surface area contributed by atoms with Crippen LogP contribution in [0.5, 0.6) is 5.75 Å². The molecule has 0 unspecified atom stereocenters. The Morgan fingerprint density at radius 1 is 1.22 bits per heavy atom. The predicted molar refractivity (Wildman–Crippen MR) is 91.8 cm³/mol. The van der Waals surface area contributed by atoms with Crippen molar-refractivity contribution in [3.63, 3.8) is 0 Å². The van der Waals surface area contributed by atoms with Crippen molar-refractivity contribution in [2.45, 2.75) is 31.8 Å². The Morgan fingerprint density at radius 2 is 2.00 bits per heavy atom. The lowest BCUT2D eigenvalue weighted by atomic mass is 10.1. The van der Waals surface area contributed by atoms with E-state index < -0.39 is 0 Å². The van der Waals surface area contributed by atoms with Crippen molar-refractivity contribution in [1.29, 1.82) is 0 Å². The molecule has 23 heavy (non-hydrogen) atoms. The lowest BCUT2D eigenvalue weighted by molar-refractivity contribution is 0.0987. The van der Waals surface area contributed by atoms with E-state index in [1.165, 1.54) is 19.4 Å². The summed E-state index contributed by atoms with van der Waals surface area (Å²) in [5.74, 6) is 1.64. The molecular weight excluding hydrogens is 290 g/mol. The highest BCUT2D eigenvalue weighted by molar-refractivity contribution is 5.87. The molecule has 5 heteroatoms. The number of hydrogen-bond donors (Lipinski definition) is 2. The summed E-state index contributed by atoms with van der Waals surface area (Å²) in [6.45, 7) is 3.47. The van der Waals surface area contributed by atoms with Gasteiger partial charge in [0.25, 0.3) is 5.56 Å². The molecule has 1 saturated heterocycles. The van der Waals surface area contributed by atoms with Crippen LogP contribution in [0.3, 0.4) is 0 Å². The van der Waals surface area contributed by atoms with Crippen molar-refractivity contribution < 1.29 is 4.74 Å². The molecule has 1 aliphatic carbocycles. The number of fused-ring (bicyclic) bond motifs is 1. The summed E-state index contributed by atoms with van der Waals surface area (Å²) in [5.41, 5.74) is 6.51. The van der Waals surface area contributed by atoms with Gasteiger partial charge in [-0.2, -0.15) is 0 Å². The molecule has 1 saturated carbocycles. The topological polar surface area (TPSA) is 71.3 Å². The Kier molecular flexibility index (Phi) is 3.73. The fraction of sp³-hybridized carbons (Fsp3) is 0.500. The molecule has 1 aromatic heterocycles. The number of nitrogen functional groups attached to an aromatic ring is 1. The minimum absolute atomic E-state index is 0.117. The number of anilines is 1. The Hall–Kier alpha value is -2.01. The van der Waals surface area contributed by atoms with Crippen LogP contribution in [0.25, 0.3) is 10.8 Å². The van der Waals surface area contributed by atoms with E-state index in [9.17, 15) is 4.79 Å². The van der Waals surface area contributed by atoms with Crippen LogP contribution in [-0.4, -0.2) is 35.6 Å². The number of nitrogens with one attached hydrogen (secondary N) is 1. The number of H-pyrrole nitrogens is 1. The zero-order valence-corrected chi connectivity index (χ0v) is 13.3. The van der Waals surface area contributed by atoms with Crippen LogP contribution in [0.4, 0.5) is 5.69 Å². The molecule has 5 nitrogen and oxygen atoms in total. The Bertz CT molecular complexity index is 758. The number of nitrogens with zero attached hydrogens (tertiary/aromatic N) is 1. The zero-order valence-electron chi connectivity index (χ0n) is 13.3. The lowest BCUT2D eigenvalue weighted by Gasteiger charge is -2.32. The maximum Gasteiger partial charge on any atom is 0.255 e. The van der Waals surface area contributed by atoms with Crippen LogP contribution in [0.2, 0.25) is 0 Å². The molecule has 1 aromatic carbocycles. The third kappa shape index (κ3) is 3.20. The van der Waals surface area contributed by atoms with Gasteiger partial charge in [0.2, 0.25) is 0 Å². The largest absolute Gasteiger partial charge is 0.488 e. The smallest absolute Gasteiger partial charge is 0.255 e. The SMILES string of the molecule is Nc1cc2c(=O)[nH]ccc2cc1OC1CCN(CC2CC2)CC1. The van der Waals surface area contributed by atoms with Crippen LogP contribution in [0.1, 0.15) is 25.7 Å². The van der Waals surface area contributed by atoms with Crippen LogP contribution in [0.15, 0.2) is 29.2 Å². The maximum absolute atomic E-state index is 11.8. The van der Waals surface area contributed by atoms with Gasteiger partial charge in [0.1, 0.15) is 11.9 Å².